The average Bonchev–Trinajstić information content (AvgIpc) is 3.81. The van der Waals surface area contributed by atoms with Crippen molar-refractivity contribution in [1.29, 1.82) is 5.26 Å². The highest BCUT2D eigenvalue weighted by molar-refractivity contribution is 7.23. The number of amidine groups is 1. The highest BCUT2D eigenvalue weighted by atomic mass is 35.5. The Morgan fingerprint density at radius 1 is 1.33 bits per heavy atom. The van der Waals surface area contributed by atoms with Crippen molar-refractivity contribution in [3.63, 3.8) is 0 Å². The third-order valence-electron chi connectivity index (χ3n) is 10.3. The molecule has 1 saturated carbocycles. The molecule has 0 spiro atoms. The van der Waals surface area contributed by atoms with Crippen LogP contribution in [0.15, 0.2) is 29.3 Å². The lowest BCUT2D eigenvalue weighted by atomic mass is 9.94. The number of halogens is 4. The number of hydrogen-bond donors (Lipinski definition) is 3. The van der Waals surface area contributed by atoms with Gasteiger partial charge in [0.15, 0.2) is 11.6 Å². The Hall–Kier alpha value is -4.19. The van der Waals surface area contributed by atoms with E-state index in [1.807, 2.05) is 11.0 Å². The topological polar surface area (TPSA) is 128 Å². The van der Waals surface area contributed by atoms with E-state index < -0.39 is 23.3 Å². The van der Waals surface area contributed by atoms with Gasteiger partial charge in [0.2, 0.25) is 6.41 Å². The number of nitrogens with one attached hydrogen (secondary N) is 2. The summed E-state index contributed by atoms with van der Waals surface area (Å²) in [6.45, 7) is 1.37. The molecule has 0 radical (unpaired) electrons. The van der Waals surface area contributed by atoms with Crippen LogP contribution in [0.2, 0.25) is 5.02 Å². The first-order valence-electron chi connectivity index (χ1n) is 15.9. The third kappa shape index (κ3) is 4.77. The van der Waals surface area contributed by atoms with Crippen molar-refractivity contribution in [2.45, 2.75) is 62.3 Å². The standard InChI is InChI=1S/C33H31ClF3N7O3S/c34-26-24(19-4-5-21(36)30-23(19)20(10-38)31(39)48-30)27(37)29-25-28(26)40-14-41-32(25)44(18-3-2-17(8-18)42-15-45)12-22(47-29)46-13-33-6-1-7-43(33)11-16(35)9-33/h4-5,12,15-18,40H,1-3,6-9,11,13-14,39H2,(H,42,45)/t16-,17?,18?,33+/m1/s1. The average molecular weight is 698 g/mol. The van der Waals surface area contributed by atoms with Gasteiger partial charge in [-0.15, -0.1) is 11.3 Å². The predicted molar refractivity (Wildman–Crippen MR) is 177 cm³/mol. The van der Waals surface area contributed by atoms with Crippen LogP contribution < -0.4 is 21.1 Å². The second-order valence-electron chi connectivity index (χ2n) is 12.9. The van der Waals surface area contributed by atoms with E-state index in [1.54, 1.807) is 6.20 Å². The zero-order chi connectivity index (χ0) is 33.3. The van der Waals surface area contributed by atoms with Crippen LogP contribution in [0.1, 0.15) is 49.7 Å². The van der Waals surface area contributed by atoms with Crippen LogP contribution in [-0.4, -0.2) is 72.2 Å². The highest BCUT2D eigenvalue weighted by Crippen LogP contribution is 2.51. The molecule has 4 atom stereocenters. The molecule has 2 aromatic carbocycles. The largest absolute Gasteiger partial charge is 0.462 e. The van der Waals surface area contributed by atoms with Crippen molar-refractivity contribution in [2.24, 2.45) is 4.99 Å². The van der Waals surface area contributed by atoms with Crippen molar-refractivity contribution in [1.82, 2.24) is 15.1 Å². The number of rotatable bonds is 7. The number of carbonyl (C=O) groups is 1. The first-order valence-corrected chi connectivity index (χ1v) is 17.1. The van der Waals surface area contributed by atoms with Crippen LogP contribution in [0.25, 0.3) is 21.2 Å². The Labute approximate surface area is 282 Å². The Bertz CT molecular complexity index is 1960. The van der Waals surface area contributed by atoms with E-state index in [4.69, 9.17) is 31.8 Å². The van der Waals surface area contributed by atoms with Gasteiger partial charge in [-0.2, -0.15) is 5.26 Å². The highest BCUT2D eigenvalue weighted by Gasteiger charge is 2.50. The van der Waals surface area contributed by atoms with E-state index in [0.717, 1.165) is 37.1 Å². The molecule has 4 aliphatic heterocycles. The lowest BCUT2D eigenvalue weighted by Gasteiger charge is -2.32. The van der Waals surface area contributed by atoms with Gasteiger partial charge >= 0.3 is 5.95 Å². The van der Waals surface area contributed by atoms with Crippen LogP contribution >= 0.6 is 22.9 Å². The van der Waals surface area contributed by atoms with Crippen LogP contribution in [0.5, 0.6) is 5.75 Å². The molecule has 2 saturated heterocycles. The van der Waals surface area contributed by atoms with E-state index in [9.17, 15) is 18.8 Å². The molecule has 8 rings (SSSR count). The molecule has 3 aromatic rings. The summed E-state index contributed by atoms with van der Waals surface area (Å²) in [6, 6.07) is 4.39. The number of fused-ring (bicyclic) bond motifs is 2. The van der Waals surface area contributed by atoms with Crippen LogP contribution in [0.4, 0.5) is 23.9 Å². The summed E-state index contributed by atoms with van der Waals surface area (Å²) < 4.78 is 59.6. The van der Waals surface area contributed by atoms with E-state index in [1.165, 1.54) is 12.1 Å². The van der Waals surface area contributed by atoms with Crippen molar-refractivity contribution in [3.8, 4) is 22.9 Å². The van der Waals surface area contributed by atoms with Gasteiger partial charge in [0.05, 0.1) is 38.3 Å². The monoisotopic (exact) mass is 697 g/mol. The predicted octanol–water partition coefficient (Wildman–Crippen LogP) is 5.84. The molecule has 250 valence electrons. The second-order valence-corrected chi connectivity index (χ2v) is 14.4. The maximum absolute atomic E-state index is 17.2. The van der Waals surface area contributed by atoms with Crippen molar-refractivity contribution >= 4 is 56.0 Å². The van der Waals surface area contributed by atoms with Gasteiger partial charge in [-0.3, -0.25) is 9.69 Å². The molecular weight excluding hydrogens is 667 g/mol. The Morgan fingerprint density at radius 3 is 3.00 bits per heavy atom. The molecule has 2 unspecified atom stereocenters. The Balaban J connectivity index is 1.28. The van der Waals surface area contributed by atoms with Crippen LogP contribution in [-0.2, 0) is 9.53 Å². The molecule has 4 N–H and O–H groups in total. The Morgan fingerprint density at radius 2 is 2.19 bits per heavy atom. The SMILES string of the molecule is N#Cc1c(N)sc2c(F)ccc(-c3c(F)c4c5c(c3Cl)NCN=C5N(C3CCC(NC=O)C3)C=C(OC[C@@]35CCCN3C[C@H](F)C5)O4)c12. The summed E-state index contributed by atoms with van der Waals surface area (Å²) in [5.41, 5.74) is 6.33. The molecule has 48 heavy (non-hydrogen) atoms. The first-order chi connectivity index (χ1) is 23.2. The smallest absolute Gasteiger partial charge is 0.302 e. The summed E-state index contributed by atoms with van der Waals surface area (Å²) in [4.78, 5) is 20.0. The molecule has 5 heterocycles. The number of alkyl halides is 1. The number of nitrogens with two attached hydrogens (primary N) is 1. The maximum atomic E-state index is 17.2. The normalized spacial score (nSPS) is 26.1. The van der Waals surface area contributed by atoms with Gasteiger partial charge in [-0.05, 0) is 50.3 Å². The quantitative estimate of drug-likeness (QED) is 0.263. The van der Waals surface area contributed by atoms with Gasteiger partial charge in [-0.1, -0.05) is 17.7 Å². The molecule has 5 aliphatic rings. The van der Waals surface area contributed by atoms with Gasteiger partial charge < -0.3 is 30.7 Å². The number of benzene rings is 2. The lowest BCUT2D eigenvalue weighted by molar-refractivity contribution is -0.110. The van der Waals surface area contributed by atoms with Crippen molar-refractivity contribution in [2.75, 3.05) is 37.4 Å². The van der Waals surface area contributed by atoms with Crippen molar-refractivity contribution < 1.29 is 27.4 Å². The number of nitrogen functional groups attached to an aromatic ring is 1. The van der Waals surface area contributed by atoms with Crippen molar-refractivity contribution in [3.05, 3.63) is 52.1 Å². The van der Waals surface area contributed by atoms with E-state index in [0.29, 0.717) is 43.7 Å². The minimum Gasteiger partial charge on any atom is -0.462 e. The number of nitrogens with zero attached hydrogens (tertiary/aromatic N) is 4. The summed E-state index contributed by atoms with van der Waals surface area (Å²) >= 11 is 7.94. The fourth-order valence-electron chi connectivity index (χ4n) is 8.13. The molecular formula is C33H31ClF3N7O3S. The van der Waals surface area contributed by atoms with Gasteiger partial charge in [-0.25, -0.2) is 18.2 Å². The summed E-state index contributed by atoms with van der Waals surface area (Å²) in [5.74, 6) is -1.25. The van der Waals surface area contributed by atoms with Crippen LogP contribution in [0.3, 0.4) is 0 Å². The molecule has 0 bridgehead atoms. The Kier molecular flexibility index (Phi) is 7.61. The minimum absolute atomic E-state index is 0.000451. The summed E-state index contributed by atoms with van der Waals surface area (Å²) in [6.07, 6.45) is 5.44. The van der Waals surface area contributed by atoms with Gasteiger partial charge in [0.25, 0.3) is 0 Å². The number of nitriles is 1. The molecule has 10 nitrogen and oxygen atoms in total. The number of hydrogen-bond acceptors (Lipinski definition) is 10. The maximum Gasteiger partial charge on any atom is 0.302 e. The third-order valence-corrected chi connectivity index (χ3v) is 11.7. The minimum atomic E-state index is -0.962. The number of amides is 1. The van der Waals surface area contributed by atoms with E-state index in [-0.39, 0.29) is 79.4 Å². The van der Waals surface area contributed by atoms with E-state index >= 15 is 4.39 Å². The molecule has 1 aromatic heterocycles. The fraction of sp³-hybridized carbons (Fsp3) is 0.424. The van der Waals surface area contributed by atoms with Gasteiger partial charge in [0.1, 0.15) is 42.2 Å². The van der Waals surface area contributed by atoms with Gasteiger partial charge in [0, 0.05) is 36.0 Å². The zero-order valence-corrected chi connectivity index (χ0v) is 27.2. The fourth-order valence-corrected chi connectivity index (χ4v) is 9.43. The number of thiophene rings is 1. The first kappa shape index (κ1) is 31.1. The number of ether oxygens (including phenoxy) is 2. The molecule has 1 amide bonds. The molecule has 3 fully saturated rings. The summed E-state index contributed by atoms with van der Waals surface area (Å²) in [5, 5.41) is 16.2. The lowest BCUT2D eigenvalue weighted by Crippen LogP contribution is -2.42. The molecule has 1 aliphatic carbocycles. The van der Waals surface area contributed by atoms with Crippen LogP contribution in [0, 0.1) is 23.0 Å². The summed E-state index contributed by atoms with van der Waals surface area (Å²) in [7, 11) is 0. The number of anilines is 2. The number of carbonyl (C=O) groups excluding carboxylic acids is 1. The second kappa shape index (κ2) is 11.7. The zero-order valence-electron chi connectivity index (χ0n) is 25.6. The number of aliphatic imine (C=N–C) groups is 1. The molecule has 15 heteroatoms. The van der Waals surface area contributed by atoms with E-state index in [2.05, 4.69) is 15.5 Å².